The zero-order valence-electron chi connectivity index (χ0n) is 13.1. The van der Waals surface area contributed by atoms with Gasteiger partial charge in [0.15, 0.2) is 0 Å². The van der Waals surface area contributed by atoms with Crippen LogP contribution in [0.4, 0.5) is 0 Å². The van der Waals surface area contributed by atoms with E-state index in [1.54, 1.807) is 12.1 Å². The van der Waals surface area contributed by atoms with Crippen LogP contribution in [0.1, 0.15) is 23.5 Å². The van der Waals surface area contributed by atoms with Gasteiger partial charge in [0.1, 0.15) is 0 Å². The first-order valence-electron chi connectivity index (χ1n) is 7.64. The van der Waals surface area contributed by atoms with E-state index in [0.717, 1.165) is 11.1 Å². The minimum absolute atomic E-state index is 0.0792. The van der Waals surface area contributed by atoms with E-state index in [-0.39, 0.29) is 18.2 Å². The number of benzene rings is 2. The summed E-state index contributed by atoms with van der Waals surface area (Å²) < 4.78 is 0. The number of nitrogens with zero attached hydrogens (tertiary/aromatic N) is 1. The Balaban J connectivity index is 1.86. The summed E-state index contributed by atoms with van der Waals surface area (Å²) in [6, 6.07) is 17.3. The van der Waals surface area contributed by atoms with Gasteiger partial charge in [-0.05, 0) is 23.3 Å². The van der Waals surface area contributed by atoms with E-state index in [9.17, 15) is 10.1 Å². The van der Waals surface area contributed by atoms with Crippen LogP contribution in [0.3, 0.4) is 0 Å². The Labute approximate surface area is 160 Å². The van der Waals surface area contributed by atoms with Crippen molar-refractivity contribution in [3.63, 3.8) is 0 Å². The Morgan fingerprint density at radius 2 is 1.92 bits per heavy atom. The van der Waals surface area contributed by atoms with E-state index in [2.05, 4.69) is 11.4 Å². The minimum atomic E-state index is -0.212. The van der Waals surface area contributed by atoms with Crippen LogP contribution in [0.15, 0.2) is 59.1 Å². The lowest BCUT2D eigenvalue weighted by atomic mass is 9.87. The molecule has 0 radical (unpaired) electrons. The Hall–Kier alpha value is -1.93. The van der Waals surface area contributed by atoms with E-state index >= 15 is 0 Å². The molecule has 0 saturated heterocycles. The lowest BCUT2D eigenvalue weighted by Gasteiger charge is -2.25. The Morgan fingerprint density at radius 3 is 2.60 bits per heavy atom. The molecule has 2 aromatic carbocycles. The molecule has 1 amide bonds. The molecule has 0 fully saturated rings. The number of nitrogens with one attached hydrogen (secondary N) is 1. The maximum atomic E-state index is 12.1. The van der Waals surface area contributed by atoms with Crippen LogP contribution in [-0.4, -0.2) is 5.91 Å². The third-order valence-corrected chi connectivity index (χ3v) is 5.75. The second kappa shape index (κ2) is 7.97. The lowest BCUT2D eigenvalue weighted by Crippen LogP contribution is -2.30. The molecule has 0 aromatic heterocycles. The van der Waals surface area contributed by atoms with Crippen molar-refractivity contribution in [3.8, 4) is 6.07 Å². The third kappa shape index (κ3) is 4.19. The van der Waals surface area contributed by atoms with E-state index in [1.807, 2.05) is 36.4 Å². The summed E-state index contributed by atoms with van der Waals surface area (Å²) in [5.41, 5.74) is 2.54. The largest absolute Gasteiger partial charge is 0.320 e. The highest BCUT2D eigenvalue weighted by Gasteiger charge is 2.29. The lowest BCUT2D eigenvalue weighted by molar-refractivity contribution is -0.120. The van der Waals surface area contributed by atoms with Gasteiger partial charge in [-0.25, -0.2) is 0 Å². The van der Waals surface area contributed by atoms with Gasteiger partial charge in [0, 0.05) is 18.1 Å². The quantitative estimate of drug-likeness (QED) is 0.776. The van der Waals surface area contributed by atoms with Crippen LogP contribution in [0.5, 0.6) is 0 Å². The predicted octanol–water partition coefficient (Wildman–Crippen LogP) is 5.27. The van der Waals surface area contributed by atoms with Crippen molar-refractivity contribution in [1.82, 2.24) is 5.32 Å². The average molecular weight is 389 g/mol. The Bertz CT molecular complexity index is 875. The van der Waals surface area contributed by atoms with Crippen molar-refractivity contribution in [2.24, 2.45) is 0 Å². The molecule has 3 rings (SSSR count). The molecule has 25 heavy (non-hydrogen) atoms. The minimum Gasteiger partial charge on any atom is -0.320 e. The van der Waals surface area contributed by atoms with Crippen molar-refractivity contribution in [2.45, 2.75) is 18.1 Å². The fraction of sp³-hybridized carbons (Fsp3) is 0.158. The first-order valence-corrected chi connectivity index (χ1v) is 9.38. The van der Waals surface area contributed by atoms with Gasteiger partial charge < -0.3 is 5.32 Å². The number of hydrogen-bond acceptors (Lipinski definition) is 3. The van der Waals surface area contributed by atoms with Crippen LogP contribution >= 0.6 is 35.0 Å². The summed E-state index contributed by atoms with van der Waals surface area (Å²) in [5, 5.41) is 14.1. The number of rotatable bonds is 4. The fourth-order valence-corrected chi connectivity index (χ4v) is 4.03. The molecule has 1 atom stereocenters. The average Bonchev–Trinajstić information content (AvgIpc) is 2.63. The van der Waals surface area contributed by atoms with Crippen LogP contribution in [0.2, 0.25) is 10.0 Å². The maximum Gasteiger partial charge on any atom is 0.225 e. The van der Waals surface area contributed by atoms with Crippen LogP contribution in [0.25, 0.3) is 0 Å². The Kier molecular flexibility index (Phi) is 5.70. The molecule has 6 heteroatoms. The Morgan fingerprint density at radius 1 is 1.16 bits per heavy atom. The van der Waals surface area contributed by atoms with E-state index in [4.69, 9.17) is 23.2 Å². The van der Waals surface area contributed by atoms with Crippen LogP contribution in [-0.2, 0) is 10.5 Å². The van der Waals surface area contributed by atoms with Gasteiger partial charge in [0.2, 0.25) is 5.91 Å². The van der Waals surface area contributed by atoms with Crippen molar-refractivity contribution >= 4 is 40.9 Å². The summed E-state index contributed by atoms with van der Waals surface area (Å²) in [6.07, 6.45) is 0.281. The molecular weight excluding hydrogens is 375 g/mol. The highest BCUT2D eigenvalue weighted by Crippen LogP contribution is 2.37. The molecule has 0 bridgehead atoms. The van der Waals surface area contributed by atoms with Gasteiger partial charge in [0.25, 0.3) is 0 Å². The van der Waals surface area contributed by atoms with E-state index in [1.165, 1.54) is 11.8 Å². The number of carbonyl (C=O) groups excluding carboxylic acids is 1. The molecule has 3 nitrogen and oxygen atoms in total. The summed E-state index contributed by atoms with van der Waals surface area (Å²) in [5.74, 6) is 0.292. The van der Waals surface area contributed by atoms with E-state index < -0.39 is 0 Å². The molecule has 1 heterocycles. The summed E-state index contributed by atoms with van der Waals surface area (Å²) in [4.78, 5) is 12.1. The smallest absolute Gasteiger partial charge is 0.225 e. The van der Waals surface area contributed by atoms with Gasteiger partial charge in [-0.15, -0.1) is 11.8 Å². The molecule has 0 unspecified atom stereocenters. The van der Waals surface area contributed by atoms with Crippen LogP contribution in [0, 0.1) is 11.3 Å². The van der Waals surface area contributed by atoms with Gasteiger partial charge in [-0.3, -0.25) is 4.79 Å². The number of hydrogen-bond donors (Lipinski definition) is 1. The molecule has 1 N–H and O–H groups in total. The molecule has 126 valence electrons. The summed E-state index contributed by atoms with van der Waals surface area (Å²) in [6.45, 7) is 0. The SMILES string of the molecule is N#CC1=C(SCc2ccc(Cl)c(Cl)c2)NC(=O)C[C@@H]1c1ccccc1. The summed E-state index contributed by atoms with van der Waals surface area (Å²) in [7, 11) is 0. The van der Waals surface area contributed by atoms with Crippen LogP contribution < -0.4 is 5.32 Å². The summed E-state index contributed by atoms with van der Waals surface area (Å²) >= 11 is 13.4. The topological polar surface area (TPSA) is 52.9 Å². The number of thioether (sulfide) groups is 1. The van der Waals surface area contributed by atoms with Gasteiger partial charge in [-0.1, -0.05) is 59.6 Å². The third-order valence-electron chi connectivity index (χ3n) is 3.93. The van der Waals surface area contributed by atoms with Crippen molar-refractivity contribution < 1.29 is 4.79 Å². The first-order chi connectivity index (χ1) is 12.1. The molecule has 0 aliphatic carbocycles. The molecule has 0 saturated carbocycles. The standard InChI is InChI=1S/C19H14Cl2N2OS/c20-16-7-6-12(8-17(16)21)11-25-19-15(10-22)14(9-18(24)23-19)13-4-2-1-3-5-13/h1-8,14H,9,11H2,(H,23,24)/t14-/m1/s1. The molecule has 2 aromatic rings. The molecular formula is C19H14Cl2N2OS. The number of halogens is 2. The monoisotopic (exact) mass is 388 g/mol. The molecule has 0 spiro atoms. The highest BCUT2D eigenvalue weighted by atomic mass is 35.5. The normalized spacial score (nSPS) is 17.2. The fourth-order valence-electron chi connectivity index (χ4n) is 2.69. The maximum absolute atomic E-state index is 12.1. The number of nitriles is 1. The zero-order valence-corrected chi connectivity index (χ0v) is 15.5. The number of allylic oxidation sites excluding steroid dienone is 1. The molecule has 1 aliphatic heterocycles. The second-order valence-corrected chi connectivity index (χ2v) is 7.41. The van der Waals surface area contributed by atoms with E-state index in [0.29, 0.717) is 26.4 Å². The van der Waals surface area contributed by atoms with Gasteiger partial charge in [0.05, 0.1) is 26.7 Å². The first kappa shape index (κ1) is 17.9. The van der Waals surface area contributed by atoms with Crippen molar-refractivity contribution in [1.29, 1.82) is 5.26 Å². The zero-order chi connectivity index (χ0) is 17.8. The van der Waals surface area contributed by atoms with Gasteiger partial charge in [-0.2, -0.15) is 5.26 Å². The van der Waals surface area contributed by atoms with Crippen molar-refractivity contribution in [3.05, 3.63) is 80.3 Å². The highest BCUT2D eigenvalue weighted by molar-refractivity contribution is 8.02. The van der Waals surface area contributed by atoms with Crippen molar-refractivity contribution in [2.75, 3.05) is 0 Å². The molecule has 1 aliphatic rings. The number of carbonyl (C=O) groups is 1. The second-order valence-electron chi connectivity index (χ2n) is 5.61. The number of amides is 1. The van der Waals surface area contributed by atoms with Gasteiger partial charge >= 0.3 is 0 Å². The predicted molar refractivity (Wildman–Crippen MR) is 102 cm³/mol.